The van der Waals surface area contributed by atoms with E-state index < -0.39 is 0 Å². The highest BCUT2D eigenvalue weighted by molar-refractivity contribution is 5.69. The number of hydrogen-bond acceptors (Lipinski definition) is 3. The maximum absolute atomic E-state index is 11.1. The molecule has 1 rings (SSSR count). The smallest absolute Gasteiger partial charge is 0.305 e. The van der Waals surface area contributed by atoms with Gasteiger partial charge in [-0.1, -0.05) is 17.6 Å². The molecule has 1 aliphatic carbocycles. The minimum absolute atomic E-state index is 0.213. The third kappa shape index (κ3) is 4.88. The van der Waals surface area contributed by atoms with Crippen LogP contribution in [0.5, 0.6) is 0 Å². The zero-order chi connectivity index (χ0) is 12.7. The Balaban J connectivity index is 2.59. The molecule has 1 saturated carbocycles. The van der Waals surface area contributed by atoms with E-state index in [0.717, 1.165) is 24.8 Å². The van der Waals surface area contributed by atoms with Crippen LogP contribution in [-0.4, -0.2) is 19.1 Å². The first kappa shape index (κ1) is 13.5. The fourth-order valence-electron chi connectivity index (χ4n) is 1.95. The molecule has 3 nitrogen and oxygen atoms in total. The molecule has 0 aromatic rings. The summed E-state index contributed by atoms with van der Waals surface area (Å²) in [5.41, 5.74) is 8.17. The Morgan fingerprint density at radius 1 is 1.65 bits per heavy atom. The van der Waals surface area contributed by atoms with Gasteiger partial charge in [0, 0.05) is 12.5 Å². The summed E-state index contributed by atoms with van der Waals surface area (Å²) >= 11 is 0. The molecule has 1 unspecified atom stereocenters. The van der Waals surface area contributed by atoms with Crippen LogP contribution < -0.4 is 5.73 Å². The van der Waals surface area contributed by atoms with Crippen LogP contribution in [0.4, 0.5) is 0 Å². The summed E-state index contributed by atoms with van der Waals surface area (Å²) in [6.07, 6.45) is 13.0. The van der Waals surface area contributed by atoms with Crippen molar-refractivity contribution in [3.8, 4) is 12.3 Å². The number of carbonyl (C=O) groups is 1. The Bertz CT molecular complexity index is 374. The van der Waals surface area contributed by atoms with Crippen LogP contribution in [0.2, 0.25) is 0 Å². The van der Waals surface area contributed by atoms with Gasteiger partial charge >= 0.3 is 5.97 Å². The molecule has 0 saturated heterocycles. The molecular formula is C14H19NO2. The topological polar surface area (TPSA) is 52.3 Å². The number of carbonyl (C=O) groups excluding carboxylic acids is 1. The molecule has 92 valence electrons. The van der Waals surface area contributed by atoms with Crippen molar-refractivity contribution in [1.29, 1.82) is 0 Å². The monoisotopic (exact) mass is 233 g/mol. The van der Waals surface area contributed by atoms with Crippen LogP contribution in [0, 0.1) is 12.3 Å². The molecule has 1 aliphatic rings. The summed E-state index contributed by atoms with van der Waals surface area (Å²) in [6, 6.07) is 0.272. The minimum atomic E-state index is -0.213. The van der Waals surface area contributed by atoms with Gasteiger partial charge < -0.3 is 10.5 Å². The lowest BCUT2D eigenvalue weighted by molar-refractivity contribution is -0.140. The minimum Gasteiger partial charge on any atom is -0.469 e. The van der Waals surface area contributed by atoms with Gasteiger partial charge in [0.2, 0.25) is 0 Å². The quantitative estimate of drug-likeness (QED) is 0.596. The van der Waals surface area contributed by atoms with Crippen molar-refractivity contribution in [3.63, 3.8) is 0 Å². The summed E-state index contributed by atoms with van der Waals surface area (Å²) in [4.78, 5) is 11.1. The molecule has 3 heteroatoms. The first-order valence-electron chi connectivity index (χ1n) is 5.82. The Morgan fingerprint density at radius 3 is 2.94 bits per heavy atom. The molecule has 17 heavy (non-hydrogen) atoms. The Labute approximate surface area is 103 Å². The molecule has 1 atom stereocenters. The average Bonchev–Trinajstić information content (AvgIpc) is 2.71. The fraction of sp³-hybridized carbons (Fsp3) is 0.500. The van der Waals surface area contributed by atoms with Crippen molar-refractivity contribution >= 4 is 5.97 Å². The van der Waals surface area contributed by atoms with Crippen LogP contribution in [0.3, 0.4) is 0 Å². The molecular weight excluding hydrogens is 214 g/mol. The van der Waals surface area contributed by atoms with Crippen LogP contribution in [-0.2, 0) is 9.53 Å². The van der Waals surface area contributed by atoms with Crippen LogP contribution in [0.25, 0.3) is 0 Å². The van der Waals surface area contributed by atoms with E-state index in [9.17, 15) is 4.79 Å². The van der Waals surface area contributed by atoms with E-state index in [1.54, 1.807) is 6.08 Å². The Morgan fingerprint density at radius 2 is 2.41 bits per heavy atom. The van der Waals surface area contributed by atoms with Crippen molar-refractivity contribution in [2.24, 2.45) is 5.73 Å². The zero-order valence-electron chi connectivity index (χ0n) is 10.2. The van der Waals surface area contributed by atoms with E-state index in [0.29, 0.717) is 12.8 Å². The van der Waals surface area contributed by atoms with Gasteiger partial charge in [-0.3, -0.25) is 4.79 Å². The molecule has 2 N–H and O–H groups in total. The lowest BCUT2D eigenvalue weighted by atomic mass is 10.1. The molecule has 0 spiro atoms. The van der Waals surface area contributed by atoms with Gasteiger partial charge in [0.15, 0.2) is 0 Å². The van der Waals surface area contributed by atoms with Crippen molar-refractivity contribution in [1.82, 2.24) is 0 Å². The number of terminal acetylenes is 1. The largest absolute Gasteiger partial charge is 0.469 e. The number of allylic oxidation sites excluding steroid dienone is 3. The van der Waals surface area contributed by atoms with Crippen LogP contribution in [0.1, 0.15) is 32.1 Å². The van der Waals surface area contributed by atoms with Crippen LogP contribution >= 0.6 is 0 Å². The second-order valence-electron chi connectivity index (χ2n) is 4.27. The van der Waals surface area contributed by atoms with E-state index in [1.165, 1.54) is 12.7 Å². The molecule has 0 bridgehead atoms. The standard InChI is InChI=1S/C14H19NO2/c1-3-4-11(6-8-14(16)17-2)9-12-5-7-13(15)10-12/h1,4,9,13H,5-8,10,15H2,2H3/b11-4-,12-9+. The lowest BCUT2D eigenvalue weighted by Crippen LogP contribution is -2.13. The second kappa shape index (κ2) is 6.93. The number of nitrogens with two attached hydrogens (primary N) is 1. The summed E-state index contributed by atoms with van der Waals surface area (Å²) in [5.74, 6) is 2.29. The maximum Gasteiger partial charge on any atom is 0.305 e. The maximum atomic E-state index is 11.1. The summed E-state index contributed by atoms with van der Waals surface area (Å²) in [5, 5.41) is 0. The third-order valence-corrected chi connectivity index (χ3v) is 2.86. The van der Waals surface area contributed by atoms with E-state index in [4.69, 9.17) is 12.2 Å². The molecule has 0 aromatic heterocycles. The van der Waals surface area contributed by atoms with Gasteiger partial charge in [-0.15, -0.1) is 6.42 Å². The highest BCUT2D eigenvalue weighted by Gasteiger charge is 2.15. The van der Waals surface area contributed by atoms with E-state index >= 15 is 0 Å². The van der Waals surface area contributed by atoms with Gasteiger partial charge in [0.1, 0.15) is 0 Å². The number of esters is 1. The van der Waals surface area contributed by atoms with Crippen molar-refractivity contribution < 1.29 is 9.53 Å². The first-order chi connectivity index (χ1) is 8.15. The van der Waals surface area contributed by atoms with E-state index in [1.807, 2.05) is 0 Å². The lowest BCUT2D eigenvalue weighted by Gasteiger charge is -2.03. The fourth-order valence-corrected chi connectivity index (χ4v) is 1.95. The summed E-state index contributed by atoms with van der Waals surface area (Å²) in [6.45, 7) is 0. The molecule has 0 radical (unpaired) electrons. The predicted molar refractivity (Wildman–Crippen MR) is 68.1 cm³/mol. The van der Waals surface area contributed by atoms with Gasteiger partial charge in [0.05, 0.1) is 7.11 Å². The number of ether oxygens (including phenoxy) is 1. The number of methoxy groups -OCH3 is 1. The van der Waals surface area contributed by atoms with Gasteiger partial charge in [-0.05, 0) is 37.3 Å². The number of hydrogen-bond donors (Lipinski definition) is 1. The average molecular weight is 233 g/mol. The molecule has 0 aromatic carbocycles. The van der Waals surface area contributed by atoms with Gasteiger partial charge in [-0.2, -0.15) is 0 Å². The predicted octanol–water partition coefficient (Wildman–Crippen LogP) is 1.94. The highest BCUT2D eigenvalue weighted by atomic mass is 16.5. The Kier molecular flexibility index (Phi) is 5.51. The highest BCUT2D eigenvalue weighted by Crippen LogP contribution is 2.25. The second-order valence-corrected chi connectivity index (χ2v) is 4.27. The molecule has 0 aliphatic heterocycles. The molecule has 0 amide bonds. The summed E-state index contributed by atoms with van der Waals surface area (Å²) in [7, 11) is 1.39. The third-order valence-electron chi connectivity index (χ3n) is 2.86. The van der Waals surface area contributed by atoms with E-state index in [2.05, 4.69) is 16.7 Å². The zero-order valence-corrected chi connectivity index (χ0v) is 10.2. The van der Waals surface area contributed by atoms with Crippen molar-refractivity contribution in [3.05, 3.63) is 23.3 Å². The first-order valence-corrected chi connectivity index (χ1v) is 5.82. The molecule has 1 fully saturated rings. The van der Waals surface area contributed by atoms with Crippen LogP contribution in [0.15, 0.2) is 23.3 Å². The van der Waals surface area contributed by atoms with Gasteiger partial charge in [-0.25, -0.2) is 0 Å². The number of rotatable bonds is 4. The van der Waals surface area contributed by atoms with Crippen molar-refractivity contribution in [2.75, 3.05) is 7.11 Å². The van der Waals surface area contributed by atoms with Gasteiger partial charge in [0.25, 0.3) is 0 Å². The van der Waals surface area contributed by atoms with Crippen molar-refractivity contribution in [2.45, 2.75) is 38.1 Å². The SMILES string of the molecule is C#C/C=C(\C=C1/CCC(N)C1)CCC(=O)OC. The normalized spacial score (nSPS) is 22.5. The Hall–Kier alpha value is -1.53. The molecule has 0 heterocycles. The van der Waals surface area contributed by atoms with E-state index in [-0.39, 0.29) is 12.0 Å². The summed E-state index contributed by atoms with van der Waals surface area (Å²) < 4.78 is 4.61.